The highest BCUT2D eigenvalue weighted by Gasteiger charge is 2.22. The van der Waals surface area contributed by atoms with Crippen molar-refractivity contribution in [1.82, 2.24) is 15.2 Å². The summed E-state index contributed by atoms with van der Waals surface area (Å²) in [6.07, 6.45) is 0.490. The molecule has 0 bridgehead atoms. The van der Waals surface area contributed by atoms with Crippen LogP contribution in [-0.2, 0) is 0 Å². The van der Waals surface area contributed by atoms with Crippen LogP contribution in [0.1, 0.15) is 18.2 Å². The van der Waals surface area contributed by atoms with Gasteiger partial charge in [0.05, 0.1) is 24.2 Å². The van der Waals surface area contributed by atoms with Crippen molar-refractivity contribution in [2.24, 2.45) is 0 Å². The first kappa shape index (κ1) is 18.6. The van der Waals surface area contributed by atoms with Gasteiger partial charge in [0, 0.05) is 26.2 Å². The van der Waals surface area contributed by atoms with Crippen molar-refractivity contribution in [3.8, 4) is 6.07 Å². The van der Waals surface area contributed by atoms with Crippen LogP contribution in [0.5, 0.6) is 0 Å². The maximum Gasteiger partial charge on any atom is 0.106 e. The fourth-order valence-corrected chi connectivity index (χ4v) is 2.47. The van der Waals surface area contributed by atoms with Crippen LogP contribution in [0, 0.1) is 11.3 Å². The van der Waals surface area contributed by atoms with E-state index >= 15 is 0 Å². The minimum Gasteiger partial charge on any atom is -0.314 e. The number of halogens is 3. The van der Waals surface area contributed by atoms with E-state index in [-0.39, 0.29) is 30.9 Å². The molecule has 1 aromatic rings. The van der Waals surface area contributed by atoms with Crippen LogP contribution >= 0.6 is 40.7 Å². The summed E-state index contributed by atoms with van der Waals surface area (Å²) in [5, 5.41) is 12.3. The van der Waals surface area contributed by atoms with Crippen LogP contribution < -0.4 is 5.32 Å². The molecule has 19 heavy (non-hydrogen) atoms. The van der Waals surface area contributed by atoms with Crippen molar-refractivity contribution >= 4 is 40.7 Å². The largest absolute Gasteiger partial charge is 0.314 e. The molecule has 4 nitrogen and oxygen atoms in total. The molecular weight excluding hydrogens is 351 g/mol. The lowest BCUT2D eigenvalue weighted by molar-refractivity contribution is 0.172. The van der Waals surface area contributed by atoms with Crippen LogP contribution in [0.4, 0.5) is 0 Å². The van der Waals surface area contributed by atoms with Gasteiger partial charge in [0.25, 0.3) is 0 Å². The van der Waals surface area contributed by atoms with E-state index in [4.69, 9.17) is 5.26 Å². The van der Waals surface area contributed by atoms with Crippen LogP contribution in [-0.4, -0.2) is 36.1 Å². The normalized spacial score (nSPS) is 16.6. The Morgan fingerprint density at radius 3 is 2.63 bits per heavy atom. The maximum absolute atomic E-state index is 8.97. The summed E-state index contributed by atoms with van der Waals surface area (Å²) in [5.41, 5.74) is 0.975. The van der Waals surface area contributed by atoms with Gasteiger partial charge < -0.3 is 5.32 Å². The Bertz CT molecular complexity index is 418. The summed E-state index contributed by atoms with van der Waals surface area (Å²) in [6.45, 7) is 3.91. The van der Waals surface area contributed by atoms with E-state index in [1.807, 2.05) is 18.2 Å². The topological polar surface area (TPSA) is 52.0 Å². The highest BCUT2D eigenvalue weighted by Crippen LogP contribution is 2.23. The van der Waals surface area contributed by atoms with Gasteiger partial charge in [0.2, 0.25) is 0 Å². The number of rotatable bonds is 3. The Hall–Kier alpha value is -0.380. The van der Waals surface area contributed by atoms with E-state index in [0.717, 1.165) is 36.5 Å². The highest BCUT2D eigenvalue weighted by atomic mass is 79.9. The molecule has 0 radical (unpaired) electrons. The number of hydrogen-bond donors (Lipinski definition) is 1. The smallest absolute Gasteiger partial charge is 0.106 e. The number of pyridine rings is 1. The zero-order valence-corrected chi connectivity index (χ0v) is 13.6. The number of nitrogens with zero attached hydrogens (tertiary/aromatic N) is 3. The molecule has 1 N–H and O–H groups in total. The third kappa shape index (κ3) is 5.25. The quantitative estimate of drug-likeness (QED) is 0.834. The monoisotopic (exact) mass is 366 g/mol. The molecule has 0 spiro atoms. The Labute approximate surface area is 134 Å². The first-order valence-corrected chi connectivity index (χ1v) is 6.55. The van der Waals surface area contributed by atoms with Gasteiger partial charge in [-0.3, -0.25) is 4.90 Å². The summed E-state index contributed by atoms with van der Waals surface area (Å²) in [7, 11) is 0. The minimum absolute atomic E-state index is 0. The third-order valence-corrected chi connectivity index (χ3v) is 3.40. The van der Waals surface area contributed by atoms with Gasteiger partial charge in [-0.25, -0.2) is 4.98 Å². The van der Waals surface area contributed by atoms with Gasteiger partial charge in [-0.05, 0) is 28.1 Å². The van der Waals surface area contributed by atoms with Crippen LogP contribution in [0.15, 0.2) is 22.8 Å². The number of hydrogen-bond acceptors (Lipinski definition) is 4. The molecule has 1 aromatic heterocycles. The van der Waals surface area contributed by atoms with Crippen LogP contribution in [0.3, 0.4) is 0 Å². The highest BCUT2D eigenvalue weighted by molar-refractivity contribution is 9.10. The number of piperazine rings is 1. The maximum atomic E-state index is 8.97. The molecule has 1 saturated heterocycles. The van der Waals surface area contributed by atoms with Crippen molar-refractivity contribution in [1.29, 1.82) is 5.26 Å². The van der Waals surface area contributed by atoms with Gasteiger partial charge in [-0.15, -0.1) is 24.8 Å². The molecule has 0 aromatic carbocycles. The lowest BCUT2D eigenvalue weighted by Crippen LogP contribution is -2.45. The predicted octanol–water partition coefficient (Wildman–Crippen LogP) is 2.55. The van der Waals surface area contributed by atoms with Gasteiger partial charge in [0.15, 0.2) is 0 Å². The second-order valence-electron chi connectivity index (χ2n) is 4.05. The van der Waals surface area contributed by atoms with E-state index in [1.54, 1.807) is 0 Å². The molecule has 0 unspecified atom stereocenters. The number of aromatic nitrogens is 1. The SMILES string of the molecule is Cl.Cl.N#CC[C@H](c1cccc(Br)n1)N1CCNCC1. The van der Waals surface area contributed by atoms with Crippen molar-refractivity contribution in [2.45, 2.75) is 12.5 Å². The number of nitrogens with one attached hydrogen (secondary N) is 1. The standard InChI is InChI=1S/C12H15BrN4.2ClH/c13-12-3-1-2-10(16-12)11(4-5-14)17-8-6-15-7-9-17;;/h1-3,11,15H,4,6-9H2;2*1H/t11-;;/m1../s1. The molecule has 1 aliphatic heterocycles. The lowest BCUT2D eigenvalue weighted by Gasteiger charge is -2.33. The fraction of sp³-hybridized carbons (Fsp3) is 0.500. The first-order valence-electron chi connectivity index (χ1n) is 5.75. The van der Waals surface area contributed by atoms with Crippen molar-refractivity contribution in [2.75, 3.05) is 26.2 Å². The molecule has 106 valence electrons. The summed E-state index contributed by atoms with van der Waals surface area (Å²) in [5.74, 6) is 0. The molecule has 1 fully saturated rings. The Morgan fingerprint density at radius 2 is 2.05 bits per heavy atom. The molecule has 0 aliphatic carbocycles. The average molecular weight is 368 g/mol. The van der Waals surface area contributed by atoms with Crippen molar-refractivity contribution < 1.29 is 0 Å². The van der Waals surface area contributed by atoms with E-state index in [0.29, 0.717) is 6.42 Å². The summed E-state index contributed by atoms with van der Waals surface area (Å²) < 4.78 is 0.827. The number of nitriles is 1. The molecule has 2 heterocycles. The molecule has 0 saturated carbocycles. The summed E-state index contributed by atoms with van der Waals surface area (Å²) >= 11 is 3.38. The Balaban J connectivity index is 0.00000162. The van der Waals surface area contributed by atoms with E-state index in [1.165, 1.54) is 0 Å². The molecule has 1 atom stereocenters. The third-order valence-electron chi connectivity index (χ3n) is 2.96. The van der Waals surface area contributed by atoms with E-state index in [2.05, 4.69) is 37.2 Å². The lowest BCUT2D eigenvalue weighted by atomic mass is 10.1. The molecular formula is C12H17BrCl2N4. The summed E-state index contributed by atoms with van der Waals surface area (Å²) in [6, 6.07) is 8.25. The molecule has 7 heteroatoms. The van der Waals surface area contributed by atoms with E-state index < -0.39 is 0 Å². The van der Waals surface area contributed by atoms with Gasteiger partial charge >= 0.3 is 0 Å². The van der Waals surface area contributed by atoms with Crippen molar-refractivity contribution in [3.05, 3.63) is 28.5 Å². The minimum atomic E-state index is 0. The fourth-order valence-electron chi connectivity index (χ4n) is 2.11. The van der Waals surface area contributed by atoms with Crippen LogP contribution in [0.25, 0.3) is 0 Å². The molecule has 1 aliphatic rings. The first-order chi connectivity index (χ1) is 8.31. The average Bonchev–Trinajstić information content (AvgIpc) is 2.37. The van der Waals surface area contributed by atoms with Crippen LogP contribution in [0.2, 0.25) is 0 Å². The zero-order valence-electron chi connectivity index (χ0n) is 10.4. The Kier molecular flexibility index (Phi) is 9.32. The summed E-state index contributed by atoms with van der Waals surface area (Å²) in [4.78, 5) is 6.80. The molecule has 0 amide bonds. The van der Waals surface area contributed by atoms with Gasteiger partial charge in [0.1, 0.15) is 4.60 Å². The van der Waals surface area contributed by atoms with E-state index in [9.17, 15) is 0 Å². The Morgan fingerprint density at radius 1 is 1.37 bits per heavy atom. The van der Waals surface area contributed by atoms with Gasteiger partial charge in [-0.1, -0.05) is 6.07 Å². The van der Waals surface area contributed by atoms with Gasteiger partial charge in [-0.2, -0.15) is 5.26 Å². The second kappa shape index (κ2) is 9.51. The second-order valence-corrected chi connectivity index (χ2v) is 4.86. The van der Waals surface area contributed by atoms with Crippen molar-refractivity contribution in [3.63, 3.8) is 0 Å². The molecule has 2 rings (SSSR count). The predicted molar refractivity (Wildman–Crippen MR) is 83.8 cm³/mol. The zero-order chi connectivity index (χ0) is 12.1.